The van der Waals surface area contributed by atoms with Crippen LogP contribution in [-0.4, -0.2) is 21.1 Å². The molecule has 0 amide bonds. The molecule has 2 aromatic rings. The SMILES string of the molecule is CCCSC1=NC2=S(SC(c3ccccc3)=N2)N1c1ccccc1. The minimum absolute atomic E-state index is 0.182. The van der Waals surface area contributed by atoms with Crippen molar-refractivity contribution < 1.29 is 0 Å². The molecule has 0 radical (unpaired) electrons. The van der Waals surface area contributed by atoms with Crippen LogP contribution in [0.5, 0.6) is 0 Å². The number of para-hydroxylation sites is 1. The van der Waals surface area contributed by atoms with Crippen LogP contribution in [0.4, 0.5) is 5.69 Å². The monoisotopic (exact) mass is 371 g/mol. The quantitative estimate of drug-likeness (QED) is 0.533. The van der Waals surface area contributed by atoms with E-state index in [2.05, 4.69) is 65.8 Å². The van der Waals surface area contributed by atoms with Crippen molar-refractivity contribution >= 4 is 53.3 Å². The maximum Gasteiger partial charge on any atom is 0.211 e. The van der Waals surface area contributed by atoms with Gasteiger partial charge in [0, 0.05) is 21.0 Å². The number of aliphatic imine (C=N–C) groups is 2. The van der Waals surface area contributed by atoms with Crippen LogP contribution in [0.1, 0.15) is 18.9 Å². The summed E-state index contributed by atoms with van der Waals surface area (Å²) in [5.41, 5.74) is 2.36. The number of amidine groups is 1. The van der Waals surface area contributed by atoms with Gasteiger partial charge in [0.2, 0.25) is 5.11 Å². The van der Waals surface area contributed by atoms with Gasteiger partial charge in [-0.2, -0.15) is 4.99 Å². The van der Waals surface area contributed by atoms with Crippen molar-refractivity contribution in [1.29, 1.82) is 0 Å². The fraction of sp³-hybridized carbons (Fsp3) is 0.167. The first-order valence-corrected chi connectivity index (χ1v) is 11.4. The Morgan fingerprint density at radius 2 is 1.71 bits per heavy atom. The minimum Gasteiger partial charge on any atom is -0.256 e. The Hall–Kier alpha value is -1.50. The lowest BCUT2D eigenvalue weighted by Gasteiger charge is -2.22. The summed E-state index contributed by atoms with van der Waals surface area (Å²) in [5, 5.41) is 3.09. The molecule has 0 spiro atoms. The third-order valence-corrected chi connectivity index (χ3v) is 8.44. The van der Waals surface area contributed by atoms with Crippen molar-refractivity contribution in [3.63, 3.8) is 0 Å². The molecule has 0 aliphatic carbocycles. The van der Waals surface area contributed by atoms with Gasteiger partial charge in [0.1, 0.15) is 5.04 Å². The third-order valence-electron chi connectivity index (χ3n) is 3.49. The minimum atomic E-state index is -0.182. The zero-order valence-electron chi connectivity index (χ0n) is 13.3. The van der Waals surface area contributed by atoms with E-state index in [-0.39, 0.29) is 9.70 Å². The van der Waals surface area contributed by atoms with E-state index in [0.717, 1.165) is 27.5 Å². The van der Waals surface area contributed by atoms with Gasteiger partial charge >= 0.3 is 0 Å². The van der Waals surface area contributed by atoms with Crippen LogP contribution in [-0.2, 0) is 0 Å². The molecule has 6 heteroatoms. The molecule has 0 N–H and O–H groups in total. The average molecular weight is 372 g/mol. The van der Waals surface area contributed by atoms with Crippen molar-refractivity contribution in [1.82, 2.24) is 0 Å². The number of anilines is 1. The van der Waals surface area contributed by atoms with Gasteiger partial charge in [0.25, 0.3) is 0 Å². The molecule has 3 nitrogen and oxygen atoms in total. The second kappa shape index (κ2) is 7.17. The van der Waals surface area contributed by atoms with Crippen molar-refractivity contribution in [2.45, 2.75) is 13.3 Å². The maximum atomic E-state index is 4.85. The van der Waals surface area contributed by atoms with E-state index in [1.807, 2.05) is 28.6 Å². The summed E-state index contributed by atoms with van der Waals surface area (Å²) in [5.74, 6) is 1.08. The smallest absolute Gasteiger partial charge is 0.211 e. The van der Waals surface area contributed by atoms with Crippen LogP contribution in [0, 0.1) is 0 Å². The first kappa shape index (κ1) is 16.0. The Bertz CT molecular complexity index is 829. The normalized spacial score (nSPS) is 19.3. The van der Waals surface area contributed by atoms with Crippen LogP contribution in [0.15, 0.2) is 70.6 Å². The second-order valence-corrected chi connectivity index (χ2v) is 9.56. The van der Waals surface area contributed by atoms with Crippen LogP contribution < -0.4 is 4.31 Å². The Kier molecular flexibility index (Phi) is 4.78. The second-order valence-electron chi connectivity index (χ2n) is 5.27. The van der Waals surface area contributed by atoms with E-state index in [9.17, 15) is 0 Å². The molecule has 2 aromatic carbocycles. The summed E-state index contributed by atoms with van der Waals surface area (Å²) in [6.07, 6.45) is 1.14. The fourth-order valence-electron chi connectivity index (χ4n) is 2.38. The zero-order chi connectivity index (χ0) is 16.4. The largest absolute Gasteiger partial charge is 0.256 e. The highest BCUT2D eigenvalue weighted by atomic mass is 33.1. The molecule has 0 saturated carbocycles. The van der Waals surface area contributed by atoms with Gasteiger partial charge in [-0.1, -0.05) is 67.2 Å². The van der Waals surface area contributed by atoms with Gasteiger partial charge in [0.05, 0.1) is 5.69 Å². The van der Waals surface area contributed by atoms with Gasteiger partial charge in [-0.15, -0.1) is 0 Å². The van der Waals surface area contributed by atoms with Crippen LogP contribution in [0.3, 0.4) is 0 Å². The first-order chi connectivity index (χ1) is 11.9. The Morgan fingerprint density at radius 3 is 2.42 bits per heavy atom. The summed E-state index contributed by atoms with van der Waals surface area (Å²) < 4.78 is 2.35. The molecule has 0 saturated heterocycles. The highest BCUT2D eigenvalue weighted by Crippen LogP contribution is 2.50. The summed E-state index contributed by atoms with van der Waals surface area (Å²) in [4.78, 5) is 9.67. The molecule has 1 unspecified atom stereocenters. The highest BCUT2D eigenvalue weighted by molar-refractivity contribution is 8.90. The van der Waals surface area contributed by atoms with E-state index in [0.29, 0.717) is 0 Å². The standard InChI is InChI=1S/C18H17N3S3/c1-2-13-22-18-20-17-19-16(14-9-5-3-6-10-14)23-24(17)21(18)15-11-7-4-8-12-15/h3-12H,2,13H2,1H3. The lowest BCUT2D eigenvalue weighted by Crippen LogP contribution is -2.19. The lowest BCUT2D eigenvalue weighted by atomic mass is 10.2. The predicted octanol–water partition coefficient (Wildman–Crippen LogP) is 5.39. The van der Waals surface area contributed by atoms with Crippen LogP contribution >= 0.6 is 32.3 Å². The van der Waals surface area contributed by atoms with E-state index in [1.54, 1.807) is 0 Å². The van der Waals surface area contributed by atoms with Gasteiger partial charge in [-0.05, 0) is 29.3 Å². The number of hydrogen-bond donors (Lipinski definition) is 0. The summed E-state index contributed by atoms with van der Waals surface area (Å²) in [7, 11) is 1.63. The molecule has 0 aromatic heterocycles. The van der Waals surface area contributed by atoms with Gasteiger partial charge < -0.3 is 0 Å². The summed E-state index contributed by atoms with van der Waals surface area (Å²) in [6.45, 7) is 2.20. The molecule has 0 bridgehead atoms. The lowest BCUT2D eigenvalue weighted by molar-refractivity contribution is 1.11. The average Bonchev–Trinajstić information content (AvgIpc) is 3.19. The van der Waals surface area contributed by atoms with Crippen molar-refractivity contribution in [3.05, 3.63) is 66.2 Å². The van der Waals surface area contributed by atoms with Gasteiger partial charge in [-0.3, -0.25) is 4.31 Å². The molecule has 4 rings (SSSR count). The van der Waals surface area contributed by atoms with E-state index in [1.165, 1.54) is 11.3 Å². The Balaban J connectivity index is 1.67. The van der Waals surface area contributed by atoms with E-state index >= 15 is 0 Å². The molecule has 2 aliphatic heterocycles. The summed E-state index contributed by atoms with van der Waals surface area (Å²) >= 11 is 1.82. The van der Waals surface area contributed by atoms with E-state index < -0.39 is 0 Å². The van der Waals surface area contributed by atoms with E-state index in [4.69, 9.17) is 9.98 Å². The van der Waals surface area contributed by atoms with Gasteiger partial charge in [0.15, 0.2) is 5.17 Å². The predicted molar refractivity (Wildman–Crippen MR) is 112 cm³/mol. The number of nitrogens with zero attached hydrogens (tertiary/aromatic N) is 3. The molecule has 1 atom stereocenters. The number of rotatable bonds is 4. The first-order valence-electron chi connectivity index (χ1n) is 7.87. The molecule has 2 heterocycles. The Labute approximate surface area is 152 Å². The van der Waals surface area contributed by atoms with Crippen LogP contribution in [0.25, 0.3) is 0 Å². The van der Waals surface area contributed by atoms with Gasteiger partial charge in [-0.25, -0.2) is 4.99 Å². The number of thioether (sulfide) groups is 1. The molecule has 122 valence electrons. The Morgan fingerprint density at radius 1 is 1.00 bits per heavy atom. The van der Waals surface area contributed by atoms with Crippen molar-refractivity contribution in [2.24, 2.45) is 9.98 Å². The zero-order valence-corrected chi connectivity index (χ0v) is 15.7. The molecule has 24 heavy (non-hydrogen) atoms. The highest BCUT2D eigenvalue weighted by Gasteiger charge is 2.33. The van der Waals surface area contributed by atoms with Crippen LogP contribution in [0.2, 0.25) is 0 Å². The third kappa shape index (κ3) is 3.06. The molecule has 0 fully saturated rings. The molecule has 2 aliphatic rings. The topological polar surface area (TPSA) is 28.0 Å². The van der Waals surface area contributed by atoms with Crippen molar-refractivity contribution in [3.8, 4) is 0 Å². The fourth-order valence-corrected chi connectivity index (χ4v) is 7.42. The molecular formula is C18H17N3S3. The molecular weight excluding hydrogens is 354 g/mol. The number of benzene rings is 2. The maximum absolute atomic E-state index is 4.85. The summed E-state index contributed by atoms with van der Waals surface area (Å²) in [6, 6.07) is 20.9. The van der Waals surface area contributed by atoms with Crippen molar-refractivity contribution in [2.75, 3.05) is 10.1 Å². The number of hydrogen-bond acceptors (Lipinski definition) is 5.